The van der Waals surface area contributed by atoms with Gasteiger partial charge in [0.1, 0.15) is 0 Å². The van der Waals surface area contributed by atoms with Crippen molar-refractivity contribution in [1.29, 1.82) is 0 Å². The van der Waals surface area contributed by atoms with E-state index in [9.17, 15) is 9.59 Å². The van der Waals surface area contributed by atoms with Gasteiger partial charge in [-0.3, -0.25) is 4.79 Å². The quantitative estimate of drug-likeness (QED) is 0.387. The van der Waals surface area contributed by atoms with Gasteiger partial charge in [-0.15, -0.1) is 0 Å². The first-order valence-electron chi connectivity index (χ1n) is 5.06. The summed E-state index contributed by atoms with van der Waals surface area (Å²) in [7, 11) is 0. The summed E-state index contributed by atoms with van der Waals surface area (Å²) in [6.07, 6.45) is 1.96. The Bertz CT molecular complexity index is 212. The maximum atomic E-state index is 11.3. The molecule has 0 aromatic carbocycles. The summed E-state index contributed by atoms with van der Waals surface area (Å²) in [5.74, 6) is -0.680. The lowest BCUT2D eigenvalue weighted by molar-refractivity contribution is -0.164. The highest BCUT2D eigenvalue weighted by atomic mass is 16.6. The molecule has 0 amide bonds. The lowest BCUT2D eigenvalue weighted by Crippen LogP contribution is -2.38. The molecule has 1 aliphatic heterocycles. The second kappa shape index (κ2) is 5.75. The molecule has 1 unspecified atom stereocenters. The first-order chi connectivity index (χ1) is 6.75. The average Bonchev–Trinajstić information content (AvgIpc) is 2.18. The van der Waals surface area contributed by atoms with Crippen LogP contribution < -0.4 is 0 Å². The van der Waals surface area contributed by atoms with Gasteiger partial charge in [-0.05, 0) is 12.8 Å². The molecule has 1 rings (SSSR count). The molecule has 0 aromatic heterocycles. The largest absolute Gasteiger partial charge is 0.463 e. The molecule has 1 atom stereocenters. The fourth-order valence-electron chi connectivity index (χ4n) is 1.26. The first-order valence-corrected chi connectivity index (χ1v) is 5.06. The lowest BCUT2D eigenvalue weighted by atomic mass is 10.1. The van der Waals surface area contributed by atoms with Crippen molar-refractivity contribution in [2.45, 2.75) is 38.7 Å². The Kier molecular flexibility index (Phi) is 4.59. The van der Waals surface area contributed by atoms with Crippen LogP contribution in [0.15, 0.2) is 0 Å². The molecule has 0 bridgehead atoms. The number of esters is 1. The van der Waals surface area contributed by atoms with Crippen molar-refractivity contribution in [3.8, 4) is 0 Å². The maximum Gasteiger partial charge on any atom is 0.343 e. The Morgan fingerprint density at radius 1 is 1.64 bits per heavy atom. The predicted octanol–water partition coefficient (Wildman–Crippen LogP) is 1.08. The van der Waals surface area contributed by atoms with Crippen LogP contribution in [-0.4, -0.2) is 31.1 Å². The summed E-state index contributed by atoms with van der Waals surface area (Å²) in [4.78, 5) is 22.6. The van der Waals surface area contributed by atoms with E-state index >= 15 is 0 Å². The Balaban J connectivity index is 2.31. The molecule has 1 fully saturated rings. The van der Waals surface area contributed by atoms with Gasteiger partial charge in [0.05, 0.1) is 6.61 Å². The minimum atomic E-state index is -0.958. The number of Topliss-reactive ketones (excluding diaryl/α,β-unsaturated/α-hetero) is 1. The molecule has 0 N–H and O–H groups in total. The van der Waals surface area contributed by atoms with Crippen LogP contribution in [-0.2, 0) is 19.1 Å². The molecule has 0 aliphatic carbocycles. The van der Waals surface area contributed by atoms with E-state index in [0.717, 1.165) is 12.8 Å². The topological polar surface area (TPSA) is 52.6 Å². The van der Waals surface area contributed by atoms with Crippen LogP contribution in [0, 0.1) is 0 Å². The lowest BCUT2D eigenvalue weighted by Gasteiger charge is -2.19. The smallest absolute Gasteiger partial charge is 0.343 e. The molecular weight excluding hydrogens is 184 g/mol. The van der Waals surface area contributed by atoms with E-state index in [1.807, 2.05) is 6.92 Å². The van der Waals surface area contributed by atoms with E-state index in [1.165, 1.54) is 0 Å². The zero-order valence-electron chi connectivity index (χ0n) is 8.45. The van der Waals surface area contributed by atoms with Gasteiger partial charge in [0.15, 0.2) is 5.78 Å². The van der Waals surface area contributed by atoms with Gasteiger partial charge in [0, 0.05) is 13.0 Å². The number of hydrogen-bond acceptors (Lipinski definition) is 4. The van der Waals surface area contributed by atoms with Gasteiger partial charge in [0.2, 0.25) is 6.10 Å². The highest BCUT2D eigenvalue weighted by molar-refractivity contribution is 6.02. The normalized spacial score (nSPS) is 22.1. The van der Waals surface area contributed by atoms with E-state index in [4.69, 9.17) is 9.47 Å². The van der Waals surface area contributed by atoms with Crippen LogP contribution in [0.4, 0.5) is 0 Å². The zero-order valence-corrected chi connectivity index (χ0v) is 8.45. The molecule has 4 heteroatoms. The fraction of sp³-hybridized carbons (Fsp3) is 0.800. The first kappa shape index (κ1) is 11.2. The molecular formula is C10H16O4. The SMILES string of the molecule is CCCCOC(=O)C1OCCCC1=O. The van der Waals surface area contributed by atoms with Crippen molar-refractivity contribution in [2.75, 3.05) is 13.2 Å². The van der Waals surface area contributed by atoms with E-state index in [0.29, 0.717) is 26.1 Å². The third-order valence-electron chi connectivity index (χ3n) is 2.10. The molecule has 80 valence electrons. The van der Waals surface area contributed by atoms with Gasteiger partial charge < -0.3 is 9.47 Å². The summed E-state index contributed by atoms with van der Waals surface area (Å²) in [6, 6.07) is 0. The average molecular weight is 200 g/mol. The molecule has 1 saturated heterocycles. The van der Waals surface area contributed by atoms with E-state index in [-0.39, 0.29) is 5.78 Å². The van der Waals surface area contributed by atoms with Crippen LogP contribution in [0.1, 0.15) is 32.6 Å². The van der Waals surface area contributed by atoms with Crippen LogP contribution >= 0.6 is 0 Å². The Labute approximate surface area is 83.6 Å². The van der Waals surface area contributed by atoms with Crippen molar-refractivity contribution in [3.63, 3.8) is 0 Å². The highest BCUT2D eigenvalue weighted by Gasteiger charge is 2.31. The Morgan fingerprint density at radius 2 is 2.43 bits per heavy atom. The third-order valence-corrected chi connectivity index (χ3v) is 2.10. The van der Waals surface area contributed by atoms with Gasteiger partial charge in [-0.2, -0.15) is 0 Å². The number of unbranched alkanes of at least 4 members (excludes halogenated alkanes) is 1. The third kappa shape index (κ3) is 3.10. The minimum absolute atomic E-state index is 0.155. The molecule has 0 spiro atoms. The van der Waals surface area contributed by atoms with E-state index in [2.05, 4.69) is 0 Å². The number of hydrogen-bond donors (Lipinski definition) is 0. The Morgan fingerprint density at radius 3 is 3.07 bits per heavy atom. The van der Waals surface area contributed by atoms with Gasteiger partial charge in [-0.25, -0.2) is 4.79 Å². The second-order valence-corrected chi connectivity index (χ2v) is 3.34. The van der Waals surface area contributed by atoms with Crippen LogP contribution in [0.3, 0.4) is 0 Å². The summed E-state index contributed by atoms with van der Waals surface area (Å²) in [5, 5.41) is 0. The highest BCUT2D eigenvalue weighted by Crippen LogP contribution is 2.10. The molecule has 1 heterocycles. The number of ether oxygens (including phenoxy) is 2. The van der Waals surface area contributed by atoms with E-state index in [1.54, 1.807) is 0 Å². The van der Waals surface area contributed by atoms with Gasteiger partial charge in [0.25, 0.3) is 0 Å². The summed E-state index contributed by atoms with van der Waals surface area (Å²) < 4.78 is 9.97. The molecule has 14 heavy (non-hydrogen) atoms. The summed E-state index contributed by atoms with van der Waals surface area (Å²) in [6.45, 7) is 2.86. The van der Waals surface area contributed by atoms with E-state index < -0.39 is 12.1 Å². The van der Waals surface area contributed by atoms with Crippen LogP contribution in [0.2, 0.25) is 0 Å². The number of carbonyl (C=O) groups excluding carboxylic acids is 2. The van der Waals surface area contributed by atoms with Crippen molar-refractivity contribution in [3.05, 3.63) is 0 Å². The van der Waals surface area contributed by atoms with Crippen molar-refractivity contribution >= 4 is 11.8 Å². The summed E-state index contributed by atoms with van der Waals surface area (Å²) in [5.41, 5.74) is 0. The predicted molar refractivity (Wildman–Crippen MR) is 49.8 cm³/mol. The zero-order chi connectivity index (χ0) is 10.4. The fourth-order valence-corrected chi connectivity index (χ4v) is 1.26. The number of carbonyl (C=O) groups is 2. The molecule has 4 nitrogen and oxygen atoms in total. The van der Waals surface area contributed by atoms with Crippen LogP contribution in [0.25, 0.3) is 0 Å². The maximum absolute atomic E-state index is 11.3. The number of rotatable bonds is 4. The van der Waals surface area contributed by atoms with Crippen molar-refractivity contribution in [2.24, 2.45) is 0 Å². The van der Waals surface area contributed by atoms with Gasteiger partial charge >= 0.3 is 5.97 Å². The van der Waals surface area contributed by atoms with Crippen molar-refractivity contribution in [1.82, 2.24) is 0 Å². The molecule has 1 aliphatic rings. The molecule has 0 saturated carbocycles. The summed E-state index contributed by atoms with van der Waals surface area (Å²) >= 11 is 0. The minimum Gasteiger partial charge on any atom is -0.463 e. The number of ketones is 1. The molecule has 0 radical (unpaired) electrons. The Hall–Kier alpha value is -0.900. The van der Waals surface area contributed by atoms with Crippen LogP contribution in [0.5, 0.6) is 0 Å². The van der Waals surface area contributed by atoms with Crippen molar-refractivity contribution < 1.29 is 19.1 Å². The standard InChI is InChI=1S/C10H16O4/c1-2-3-6-14-10(12)9-8(11)5-4-7-13-9/h9H,2-7H2,1H3. The second-order valence-electron chi connectivity index (χ2n) is 3.34. The molecule has 0 aromatic rings. The monoisotopic (exact) mass is 200 g/mol. The van der Waals surface area contributed by atoms with Gasteiger partial charge in [-0.1, -0.05) is 13.3 Å².